The number of rotatable bonds is 7. The van der Waals surface area contributed by atoms with Crippen molar-refractivity contribution in [2.45, 2.75) is 20.3 Å². The molecule has 13 heavy (non-hydrogen) atoms. The minimum atomic E-state index is 0.739. The summed E-state index contributed by atoms with van der Waals surface area (Å²) in [6.45, 7) is 8.47. The third-order valence-electron chi connectivity index (χ3n) is 1.81. The third-order valence-corrected chi connectivity index (χ3v) is 1.81. The highest BCUT2D eigenvalue weighted by Crippen LogP contribution is 1.88. The number of nitrogens with one attached hydrogen (secondary N) is 1. The Bertz CT molecular complexity index is 147. The topological polar surface area (TPSA) is 15.3 Å². The normalized spacial score (nSPS) is 10.8. The van der Waals surface area contributed by atoms with Crippen LogP contribution < -0.4 is 5.32 Å². The summed E-state index contributed by atoms with van der Waals surface area (Å²) in [6, 6.07) is 0. The van der Waals surface area contributed by atoms with Crippen LogP contribution in [-0.4, -0.2) is 38.1 Å². The summed E-state index contributed by atoms with van der Waals surface area (Å²) >= 11 is 0. The maximum Gasteiger partial charge on any atom is 0.0596 e. The predicted octanol–water partition coefficient (Wildman–Crippen LogP) is 1.19. The van der Waals surface area contributed by atoms with Crippen molar-refractivity contribution >= 4 is 0 Å². The van der Waals surface area contributed by atoms with Gasteiger partial charge in [-0.25, -0.2) is 0 Å². The molecule has 0 aliphatic rings. The molecule has 2 nitrogen and oxygen atoms in total. The van der Waals surface area contributed by atoms with Gasteiger partial charge in [0.15, 0.2) is 0 Å². The van der Waals surface area contributed by atoms with Gasteiger partial charge in [-0.2, -0.15) is 0 Å². The first-order valence-corrected chi connectivity index (χ1v) is 4.99. The highest BCUT2D eigenvalue weighted by atomic mass is 15.1. The molecule has 0 heterocycles. The zero-order valence-electron chi connectivity index (χ0n) is 9.14. The van der Waals surface area contributed by atoms with Gasteiger partial charge in [0.1, 0.15) is 0 Å². The van der Waals surface area contributed by atoms with Crippen molar-refractivity contribution in [3.8, 4) is 12.3 Å². The lowest BCUT2D eigenvalue weighted by Gasteiger charge is -2.13. The van der Waals surface area contributed by atoms with E-state index in [1.54, 1.807) is 0 Å². The third kappa shape index (κ3) is 9.39. The second kappa shape index (κ2) is 8.10. The minimum absolute atomic E-state index is 0.739. The Morgan fingerprint density at radius 1 is 1.46 bits per heavy atom. The lowest BCUT2D eigenvalue weighted by Crippen LogP contribution is -2.26. The Labute approximate surface area is 82.7 Å². The molecule has 0 amide bonds. The van der Waals surface area contributed by atoms with E-state index in [9.17, 15) is 0 Å². The lowest BCUT2D eigenvalue weighted by molar-refractivity contribution is 0.363. The Morgan fingerprint density at radius 3 is 2.69 bits per heavy atom. The molecule has 0 aromatic heterocycles. The fourth-order valence-corrected chi connectivity index (χ4v) is 1.10. The van der Waals surface area contributed by atoms with Gasteiger partial charge in [0.25, 0.3) is 0 Å². The smallest absolute Gasteiger partial charge is 0.0596 e. The number of nitrogens with zero attached hydrogens (tertiary/aromatic N) is 1. The van der Waals surface area contributed by atoms with Gasteiger partial charge in [-0.05, 0) is 39.0 Å². The van der Waals surface area contributed by atoms with Gasteiger partial charge < -0.3 is 5.32 Å². The lowest BCUT2D eigenvalue weighted by atomic mass is 10.2. The van der Waals surface area contributed by atoms with Crippen LogP contribution in [0.3, 0.4) is 0 Å². The first-order chi connectivity index (χ1) is 6.16. The van der Waals surface area contributed by atoms with Crippen LogP contribution in [0.1, 0.15) is 20.3 Å². The molecule has 0 aliphatic carbocycles. The molecule has 0 unspecified atom stereocenters. The van der Waals surface area contributed by atoms with E-state index in [0.717, 1.165) is 32.1 Å². The van der Waals surface area contributed by atoms with Gasteiger partial charge in [-0.1, -0.05) is 19.8 Å². The highest BCUT2D eigenvalue weighted by Gasteiger charge is 1.95. The molecular formula is C11H22N2. The van der Waals surface area contributed by atoms with E-state index in [2.05, 4.69) is 37.0 Å². The standard InChI is InChI=1S/C11H22N2/c1-5-8-13(4)9-6-7-12-10-11(2)3/h1,11-12H,6-10H2,2-4H3. The SMILES string of the molecule is C#CCN(C)CCCNCC(C)C. The Morgan fingerprint density at radius 2 is 2.15 bits per heavy atom. The van der Waals surface area contributed by atoms with Crippen molar-refractivity contribution in [3.05, 3.63) is 0 Å². The fourth-order valence-electron chi connectivity index (χ4n) is 1.10. The van der Waals surface area contributed by atoms with Crippen molar-refractivity contribution < 1.29 is 0 Å². The van der Waals surface area contributed by atoms with Crippen molar-refractivity contribution in [3.63, 3.8) is 0 Å². The van der Waals surface area contributed by atoms with Crippen LogP contribution in [0.2, 0.25) is 0 Å². The van der Waals surface area contributed by atoms with E-state index in [1.807, 2.05) is 0 Å². The molecule has 0 aromatic carbocycles. The Balaban J connectivity index is 3.12. The molecule has 0 saturated heterocycles. The molecule has 2 heteroatoms. The molecular weight excluding hydrogens is 160 g/mol. The summed E-state index contributed by atoms with van der Waals surface area (Å²) in [4.78, 5) is 2.16. The van der Waals surface area contributed by atoms with Crippen molar-refractivity contribution in [1.29, 1.82) is 0 Å². The van der Waals surface area contributed by atoms with Gasteiger partial charge in [-0.3, -0.25) is 4.90 Å². The number of hydrogen-bond donors (Lipinski definition) is 1. The van der Waals surface area contributed by atoms with Crippen molar-refractivity contribution in [1.82, 2.24) is 10.2 Å². The van der Waals surface area contributed by atoms with Gasteiger partial charge in [0, 0.05) is 0 Å². The fraction of sp³-hybridized carbons (Fsp3) is 0.818. The van der Waals surface area contributed by atoms with Crippen LogP contribution in [-0.2, 0) is 0 Å². The molecule has 0 fully saturated rings. The minimum Gasteiger partial charge on any atom is -0.316 e. The molecule has 76 valence electrons. The summed E-state index contributed by atoms with van der Waals surface area (Å²) in [5.74, 6) is 3.37. The van der Waals surface area contributed by atoms with Crippen LogP contribution in [0.4, 0.5) is 0 Å². The average Bonchev–Trinajstić information content (AvgIpc) is 2.03. The quantitative estimate of drug-likeness (QED) is 0.470. The second-order valence-corrected chi connectivity index (χ2v) is 3.89. The van der Waals surface area contributed by atoms with Crippen LogP contribution in [0, 0.1) is 18.3 Å². The van der Waals surface area contributed by atoms with Crippen molar-refractivity contribution in [2.75, 3.05) is 33.2 Å². The predicted molar refractivity (Wildman–Crippen MR) is 58.7 cm³/mol. The number of terminal acetylenes is 1. The summed E-state index contributed by atoms with van der Waals surface area (Å²) < 4.78 is 0. The van der Waals surface area contributed by atoms with Gasteiger partial charge >= 0.3 is 0 Å². The maximum atomic E-state index is 5.19. The van der Waals surface area contributed by atoms with E-state index >= 15 is 0 Å². The second-order valence-electron chi connectivity index (χ2n) is 3.89. The molecule has 0 rings (SSSR count). The van der Waals surface area contributed by atoms with Crippen molar-refractivity contribution in [2.24, 2.45) is 5.92 Å². The van der Waals surface area contributed by atoms with Gasteiger partial charge in [0.05, 0.1) is 6.54 Å². The first-order valence-electron chi connectivity index (χ1n) is 4.99. The van der Waals surface area contributed by atoms with E-state index in [4.69, 9.17) is 6.42 Å². The van der Waals surface area contributed by atoms with E-state index in [1.165, 1.54) is 6.42 Å². The van der Waals surface area contributed by atoms with E-state index in [-0.39, 0.29) is 0 Å². The van der Waals surface area contributed by atoms with Crippen LogP contribution >= 0.6 is 0 Å². The first kappa shape index (κ1) is 12.5. The highest BCUT2D eigenvalue weighted by molar-refractivity contribution is 4.87. The maximum absolute atomic E-state index is 5.19. The largest absolute Gasteiger partial charge is 0.316 e. The van der Waals surface area contributed by atoms with E-state index in [0.29, 0.717) is 0 Å². The Hall–Kier alpha value is -0.520. The molecule has 0 aromatic rings. The van der Waals surface area contributed by atoms with E-state index < -0.39 is 0 Å². The summed E-state index contributed by atoms with van der Waals surface area (Å²) in [5, 5.41) is 3.40. The average molecular weight is 182 g/mol. The van der Waals surface area contributed by atoms with Gasteiger partial charge in [0.2, 0.25) is 0 Å². The molecule has 0 aliphatic heterocycles. The zero-order valence-corrected chi connectivity index (χ0v) is 9.14. The van der Waals surface area contributed by atoms with Gasteiger partial charge in [-0.15, -0.1) is 6.42 Å². The van der Waals surface area contributed by atoms with Crippen LogP contribution in [0.5, 0.6) is 0 Å². The molecule has 0 bridgehead atoms. The molecule has 0 saturated carbocycles. The summed E-state index contributed by atoms with van der Waals surface area (Å²) in [7, 11) is 2.06. The number of hydrogen-bond acceptors (Lipinski definition) is 2. The molecule has 0 radical (unpaired) electrons. The molecule has 1 N–H and O–H groups in total. The Kier molecular flexibility index (Phi) is 7.77. The zero-order chi connectivity index (χ0) is 10.1. The molecule has 0 spiro atoms. The van der Waals surface area contributed by atoms with Crippen LogP contribution in [0.15, 0.2) is 0 Å². The summed E-state index contributed by atoms with van der Waals surface area (Å²) in [6.07, 6.45) is 6.36. The monoisotopic (exact) mass is 182 g/mol. The molecule has 0 atom stereocenters. The summed E-state index contributed by atoms with van der Waals surface area (Å²) in [5.41, 5.74) is 0. The van der Waals surface area contributed by atoms with Crippen LogP contribution in [0.25, 0.3) is 0 Å².